The zero-order chi connectivity index (χ0) is 7.68. The highest BCUT2D eigenvalue weighted by Gasteiger charge is 2.20. The first kappa shape index (κ1) is 6.85. The van der Waals surface area contributed by atoms with Crippen molar-refractivity contribution in [3.63, 3.8) is 0 Å². The molecule has 0 amide bonds. The predicted molar refractivity (Wildman–Crippen MR) is 41.1 cm³/mol. The van der Waals surface area contributed by atoms with Gasteiger partial charge in [0.15, 0.2) is 6.39 Å². The van der Waals surface area contributed by atoms with E-state index in [9.17, 15) is 0 Å². The van der Waals surface area contributed by atoms with Gasteiger partial charge in [0.05, 0.1) is 5.69 Å². The second-order valence-corrected chi connectivity index (χ2v) is 3.07. The maximum absolute atomic E-state index is 5.57. The summed E-state index contributed by atoms with van der Waals surface area (Å²) in [7, 11) is 0. The highest BCUT2D eigenvalue weighted by atomic mass is 16.3. The van der Waals surface area contributed by atoms with Crippen LogP contribution in [0.3, 0.4) is 0 Å². The van der Waals surface area contributed by atoms with E-state index in [4.69, 9.17) is 10.2 Å². The van der Waals surface area contributed by atoms with Gasteiger partial charge in [-0.1, -0.05) is 0 Å². The molecule has 11 heavy (non-hydrogen) atoms. The van der Waals surface area contributed by atoms with E-state index in [1.54, 1.807) is 0 Å². The van der Waals surface area contributed by atoms with Gasteiger partial charge < -0.3 is 10.2 Å². The lowest BCUT2D eigenvalue weighted by Gasteiger charge is -2.17. The van der Waals surface area contributed by atoms with Crippen molar-refractivity contribution in [1.82, 2.24) is 4.98 Å². The molecule has 60 valence electrons. The van der Waals surface area contributed by atoms with E-state index < -0.39 is 0 Å². The van der Waals surface area contributed by atoms with Gasteiger partial charge in [-0.15, -0.1) is 0 Å². The molecule has 0 radical (unpaired) electrons. The molecule has 2 N–H and O–H groups in total. The number of aryl methyl sites for hydroxylation is 1. The largest absolute Gasteiger partial charge is 0.448 e. The third kappa shape index (κ3) is 1.16. The van der Waals surface area contributed by atoms with E-state index in [1.165, 1.54) is 6.39 Å². The molecule has 0 aliphatic heterocycles. The highest BCUT2D eigenvalue weighted by Crippen LogP contribution is 2.23. The van der Waals surface area contributed by atoms with Gasteiger partial charge in [0, 0.05) is 6.42 Å². The van der Waals surface area contributed by atoms with Crippen LogP contribution < -0.4 is 5.73 Å². The summed E-state index contributed by atoms with van der Waals surface area (Å²) in [6.07, 6.45) is 4.70. The van der Waals surface area contributed by atoms with Crippen LogP contribution in [-0.2, 0) is 12.8 Å². The summed E-state index contributed by atoms with van der Waals surface area (Å²) in [6, 6.07) is 0. The summed E-state index contributed by atoms with van der Waals surface area (Å²) in [4.78, 5) is 4.13. The molecule has 1 aromatic heterocycles. The quantitative estimate of drug-likeness (QED) is 0.645. The molecule has 1 aliphatic rings. The maximum atomic E-state index is 5.57. The van der Waals surface area contributed by atoms with Crippen LogP contribution in [0.4, 0.5) is 0 Å². The van der Waals surface area contributed by atoms with Gasteiger partial charge >= 0.3 is 0 Å². The fourth-order valence-electron chi connectivity index (χ4n) is 1.58. The third-order valence-corrected chi connectivity index (χ3v) is 2.32. The molecule has 3 nitrogen and oxygen atoms in total. The molecular weight excluding hydrogens is 140 g/mol. The monoisotopic (exact) mass is 152 g/mol. The smallest absolute Gasteiger partial charge is 0.181 e. The summed E-state index contributed by atoms with van der Waals surface area (Å²) in [6.45, 7) is 0.770. The van der Waals surface area contributed by atoms with Gasteiger partial charge in [-0.2, -0.15) is 0 Å². The summed E-state index contributed by atoms with van der Waals surface area (Å²) < 4.78 is 5.20. The SMILES string of the molecule is NCC1CCc2ocnc2C1. The average Bonchev–Trinajstić information content (AvgIpc) is 2.50. The highest BCUT2D eigenvalue weighted by molar-refractivity contribution is 5.11. The molecule has 1 heterocycles. The first-order valence-corrected chi connectivity index (χ1v) is 4.01. The Morgan fingerprint density at radius 1 is 1.73 bits per heavy atom. The van der Waals surface area contributed by atoms with Gasteiger partial charge in [-0.25, -0.2) is 4.98 Å². The Kier molecular flexibility index (Phi) is 1.66. The zero-order valence-electron chi connectivity index (χ0n) is 6.42. The molecule has 0 aromatic carbocycles. The Balaban J connectivity index is 2.18. The number of fused-ring (bicyclic) bond motifs is 1. The van der Waals surface area contributed by atoms with Crippen LogP contribution in [0.1, 0.15) is 17.9 Å². The summed E-state index contributed by atoms with van der Waals surface area (Å²) in [5.41, 5.74) is 6.69. The molecule has 3 heteroatoms. The molecule has 1 unspecified atom stereocenters. The van der Waals surface area contributed by atoms with Gasteiger partial charge in [0.2, 0.25) is 0 Å². The third-order valence-electron chi connectivity index (χ3n) is 2.32. The molecule has 0 fully saturated rings. The minimum absolute atomic E-state index is 0.618. The number of aromatic nitrogens is 1. The van der Waals surface area contributed by atoms with Gasteiger partial charge in [0.25, 0.3) is 0 Å². The van der Waals surface area contributed by atoms with Crippen molar-refractivity contribution in [3.8, 4) is 0 Å². The topological polar surface area (TPSA) is 52.0 Å². The Morgan fingerprint density at radius 2 is 2.64 bits per heavy atom. The molecule has 2 rings (SSSR count). The van der Waals surface area contributed by atoms with E-state index in [2.05, 4.69) is 4.98 Å². The van der Waals surface area contributed by atoms with Crippen molar-refractivity contribution in [1.29, 1.82) is 0 Å². The maximum Gasteiger partial charge on any atom is 0.181 e. The lowest BCUT2D eigenvalue weighted by atomic mass is 9.90. The standard InChI is InChI=1S/C8H12N2O/c9-4-6-1-2-8-7(3-6)10-5-11-8/h5-6H,1-4,9H2. The number of nitrogens with two attached hydrogens (primary N) is 1. The van der Waals surface area contributed by atoms with Gasteiger partial charge in [0.1, 0.15) is 5.76 Å². The van der Waals surface area contributed by atoms with E-state index in [1.807, 2.05) is 0 Å². The Hall–Kier alpha value is -0.830. The van der Waals surface area contributed by atoms with Gasteiger partial charge in [-0.3, -0.25) is 0 Å². The van der Waals surface area contributed by atoms with Crippen molar-refractivity contribution in [3.05, 3.63) is 17.8 Å². The second kappa shape index (κ2) is 2.66. The van der Waals surface area contributed by atoms with Crippen LogP contribution in [-0.4, -0.2) is 11.5 Å². The second-order valence-electron chi connectivity index (χ2n) is 3.07. The molecule has 0 saturated heterocycles. The molecule has 0 spiro atoms. The summed E-state index contributed by atoms with van der Waals surface area (Å²) in [5.74, 6) is 1.68. The van der Waals surface area contributed by atoms with E-state index in [-0.39, 0.29) is 0 Å². The molecular formula is C8H12N2O. The average molecular weight is 152 g/mol. The number of hydrogen-bond donors (Lipinski definition) is 1. The van der Waals surface area contributed by atoms with E-state index in [0.29, 0.717) is 5.92 Å². The first-order chi connectivity index (χ1) is 5.40. The zero-order valence-corrected chi connectivity index (χ0v) is 6.42. The van der Waals surface area contributed by atoms with Crippen molar-refractivity contribution in [2.75, 3.05) is 6.54 Å². The number of oxazole rings is 1. The Morgan fingerprint density at radius 3 is 3.45 bits per heavy atom. The van der Waals surface area contributed by atoms with Crippen LogP contribution in [0, 0.1) is 5.92 Å². The van der Waals surface area contributed by atoms with Crippen molar-refractivity contribution < 1.29 is 4.42 Å². The minimum Gasteiger partial charge on any atom is -0.448 e. The summed E-state index contributed by atoms with van der Waals surface area (Å²) >= 11 is 0. The molecule has 1 aromatic rings. The lowest BCUT2D eigenvalue weighted by molar-refractivity contribution is 0.410. The Bertz CT molecular complexity index is 244. The molecule has 0 saturated carbocycles. The van der Waals surface area contributed by atoms with Crippen LogP contribution in [0.5, 0.6) is 0 Å². The van der Waals surface area contributed by atoms with Crippen molar-refractivity contribution >= 4 is 0 Å². The van der Waals surface area contributed by atoms with E-state index in [0.717, 1.165) is 37.3 Å². The molecule has 1 aliphatic carbocycles. The first-order valence-electron chi connectivity index (χ1n) is 4.01. The number of rotatable bonds is 1. The fourth-order valence-corrected chi connectivity index (χ4v) is 1.58. The number of nitrogens with zero attached hydrogens (tertiary/aromatic N) is 1. The van der Waals surface area contributed by atoms with Crippen LogP contribution >= 0.6 is 0 Å². The van der Waals surface area contributed by atoms with Crippen LogP contribution in [0.2, 0.25) is 0 Å². The molecule has 1 atom stereocenters. The fraction of sp³-hybridized carbons (Fsp3) is 0.625. The Labute approximate surface area is 65.6 Å². The number of hydrogen-bond acceptors (Lipinski definition) is 3. The van der Waals surface area contributed by atoms with E-state index >= 15 is 0 Å². The summed E-state index contributed by atoms with van der Waals surface area (Å²) in [5, 5.41) is 0. The van der Waals surface area contributed by atoms with Crippen molar-refractivity contribution in [2.24, 2.45) is 11.7 Å². The van der Waals surface area contributed by atoms with Gasteiger partial charge in [-0.05, 0) is 25.3 Å². The molecule has 0 bridgehead atoms. The normalized spacial score (nSPS) is 23.2. The van der Waals surface area contributed by atoms with Crippen LogP contribution in [0.15, 0.2) is 10.8 Å². The predicted octanol–water partition coefficient (Wildman–Crippen LogP) is 0.738. The van der Waals surface area contributed by atoms with Crippen molar-refractivity contribution in [2.45, 2.75) is 19.3 Å². The minimum atomic E-state index is 0.618. The van der Waals surface area contributed by atoms with Crippen LogP contribution in [0.25, 0.3) is 0 Å². The lowest BCUT2D eigenvalue weighted by Crippen LogP contribution is -2.21.